The molecule has 0 bridgehead atoms. The van der Waals surface area contributed by atoms with Crippen LogP contribution in [0.2, 0.25) is 0 Å². The summed E-state index contributed by atoms with van der Waals surface area (Å²) in [7, 11) is -3.04. The van der Waals surface area contributed by atoms with E-state index < -0.39 is 14.6 Å². The highest BCUT2D eigenvalue weighted by Crippen LogP contribution is 2.23. The van der Waals surface area contributed by atoms with Crippen LogP contribution in [0.1, 0.15) is 31.5 Å². The van der Waals surface area contributed by atoms with Crippen LogP contribution in [-0.2, 0) is 16.4 Å². The fourth-order valence-corrected chi connectivity index (χ4v) is 4.43. The van der Waals surface area contributed by atoms with Crippen molar-refractivity contribution in [1.29, 1.82) is 0 Å². The van der Waals surface area contributed by atoms with Gasteiger partial charge in [-0.25, -0.2) is 18.4 Å². The maximum absolute atomic E-state index is 12.1. The molecular weight excluding hydrogens is 320 g/mol. The minimum atomic E-state index is -3.04. The molecule has 124 valence electrons. The second-order valence-corrected chi connectivity index (χ2v) is 9.74. The molecule has 0 spiro atoms. The topological polar surface area (TPSA) is 74.7 Å². The summed E-state index contributed by atoms with van der Waals surface area (Å²) in [4.78, 5) is 11.1. The molecule has 0 aromatic carbocycles. The summed E-state index contributed by atoms with van der Waals surface area (Å²) in [6, 6.07) is 0. The lowest BCUT2D eigenvalue weighted by Crippen LogP contribution is -2.57. The van der Waals surface area contributed by atoms with Gasteiger partial charge >= 0.3 is 0 Å². The van der Waals surface area contributed by atoms with Gasteiger partial charge in [0.25, 0.3) is 0 Å². The number of aromatic nitrogens is 1. The van der Waals surface area contributed by atoms with E-state index in [0.29, 0.717) is 19.6 Å². The standard InChI is InChI=1S/C14H24N4O2S2/c1-5-15-13(16-8-12-17-11(2)9-21-12)18-6-7-22(19,20)14(3,4)10-18/h9H,5-8,10H2,1-4H3,(H,15,16). The van der Waals surface area contributed by atoms with Crippen molar-refractivity contribution in [2.45, 2.75) is 39.0 Å². The Balaban J connectivity index is 2.14. The Kier molecular flexibility index (Phi) is 5.11. The lowest BCUT2D eigenvalue weighted by molar-refractivity contribution is 0.353. The Morgan fingerprint density at radius 2 is 2.27 bits per heavy atom. The minimum Gasteiger partial charge on any atom is -0.357 e. The zero-order valence-corrected chi connectivity index (χ0v) is 15.2. The lowest BCUT2D eigenvalue weighted by atomic mass is 10.2. The van der Waals surface area contributed by atoms with Crippen LogP contribution in [0.4, 0.5) is 0 Å². The summed E-state index contributed by atoms with van der Waals surface area (Å²) < 4.78 is 23.5. The third kappa shape index (κ3) is 3.78. The van der Waals surface area contributed by atoms with E-state index in [1.54, 1.807) is 25.2 Å². The second kappa shape index (κ2) is 6.54. The quantitative estimate of drug-likeness (QED) is 0.663. The molecule has 1 fully saturated rings. The number of hydrogen-bond acceptors (Lipinski definition) is 5. The molecule has 0 aliphatic carbocycles. The monoisotopic (exact) mass is 344 g/mol. The first-order valence-electron chi connectivity index (χ1n) is 7.42. The normalized spacial score (nSPS) is 20.9. The number of guanidine groups is 1. The Hall–Kier alpha value is -1.15. The van der Waals surface area contributed by atoms with Gasteiger partial charge in [0.05, 0.1) is 17.0 Å². The number of nitrogens with zero attached hydrogens (tertiary/aromatic N) is 3. The predicted molar refractivity (Wildman–Crippen MR) is 91.1 cm³/mol. The zero-order chi connectivity index (χ0) is 16.4. The summed E-state index contributed by atoms with van der Waals surface area (Å²) in [5, 5.41) is 6.23. The Morgan fingerprint density at radius 3 is 2.82 bits per heavy atom. The van der Waals surface area contributed by atoms with E-state index in [0.717, 1.165) is 23.2 Å². The minimum absolute atomic E-state index is 0.167. The van der Waals surface area contributed by atoms with E-state index in [9.17, 15) is 8.42 Å². The van der Waals surface area contributed by atoms with E-state index in [-0.39, 0.29) is 5.75 Å². The summed E-state index contributed by atoms with van der Waals surface area (Å²) >= 11 is 1.60. The first-order chi connectivity index (χ1) is 10.2. The molecule has 0 unspecified atom stereocenters. The van der Waals surface area contributed by atoms with Crippen LogP contribution in [0.5, 0.6) is 0 Å². The summed E-state index contributed by atoms with van der Waals surface area (Å²) in [6.07, 6.45) is 0. The van der Waals surface area contributed by atoms with Crippen LogP contribution in [0.3, 0.4) is 0 Å². The van der Waals surface area contributed by atoms with Gasteiger partial charge in [0.15, 0.2) is 15.8 Å². The van der Waals surface area contributed by atoms with Crippen LogP contribution in [0.25, 0.3) is 0 Å². The van der Waals surface area contributed by atoms with Crippen LogP contribution in [0, 0.1) is 6.92 Å². The van der Waals surface area contributed by atoms with E-state index in [1.165, 1.54) is 0 Å². The predicted octanol–water partition coefficient (Wildman–Crippen LogP) is 1.43. The third-order valence-electron chi connectivity index (χ3n) is 3.71. The SMILES string of the molecule is CCNC(=NCc1nc(C)cs1)N1CCS(=O)(=O)C(C)(C)C1. The molecule has 0 saturated carbocycles. The molecule has 1 saturated heterocycles. The second-order valence-electron chi connectivity index (χ2n) is 6.05. The molecule has 1 aromatic heterocycles. The summed E-state index contributed by atoms with van der Waals surface area (Å²) in [6.45, 7) is 9.74. The Morgan fingerprint density at radius 1 is 1.55 bits per heavy atom. The number of thiazole rings is 1. The number of rotatable bonds is 3. The number of hydrogen-bond donors (Lipinski definition) is 1. The smallest absolute Gasteiger partial charge is 0.194 e. The zero-order valence-electron chi connectivity index (χ0n) is 13.6. The highest BCUT2D eigenvalue weighted by Gasteiger charge is 2.40. The van der Waals surface area contributed by atoms with Gasteiger partial charge in [-0.3, -0.25) is 0 Å². The van der Waals surface area contributed by atoms with Gasteiger partial charge in [-0.15, -0.1) is 11.3 Å². The van der Waals surface area contributed by atoms with Crippen molar-refractivity contribution in [3.8, 4) is 0 Å². The van der Waals surface area contributed by atoms with Gasteiger partial charge in [-0.1, -0.05) is 0 Å². The average Bonchev–Trinajstić information content (AvgIpc) is 2.84. The van der Waals surface area contributed by atoms with Crippen molar-refractivity contribution in [2.24, 2.45) is 4.99 Å². The van der Waals surface area contributed by atoms with Crippen LogP contribution in [0.15, 0.2) is 10.4 Å². The Bertz CT molecular complexity index is 650. The van der Waals surface area contributed by atoms with Gasteiger partial charge in [-0.05, 0) is 27.7 Å². The summed E-state index contributed by atoms with van der Waals surface area (Å²) in [5.74, 6) is 0.930. The number of aryl methyl sites for hydroxylation is 1. The van der Waals surface area contributed by atoms with Crippen molar-refractivity contribution in [2.75, 3.05) is 25.4 Å². The first kappa shape index (κ1) is 17.2. The molecule has 1 aliphatic heterocycles. The first-order valence-corrected chi connectivity index (χ1v) is 9.95. The van der Waals surface area contributed by atoms with Crippen LogP contribution < -0.4 is 5.32 Å². The molecule has 1 aliphatic rings. The van der Waals surface area contributed by atoms with E-state index in [2.05, 4.69) is 15.3 Å². The van der Waals surface area contributed by atoms with Crippen molar-refractivity contribution in [1.82, 2.24) is 15.2 Å². The number of aliphatic imine (C=N–C) groups is 1. The van der Waals surface area contributed by atoms with Crippen molar-refractivity contribution < 1.29 is 8.42 Å². The van der Waals surface area contributed by atoms with Crippen molar-refractivity contribution in [3.05, 3.63) is 16.1 Å². The third-order valence-corrected chi connectivity index (χ3v) is 7.19. The number of sulfone groups is 1. The fraction of sp³-hybridized carbons (Fsp3) is 0.714. The molecule has 6 nitrogen and oxygen atoms in total. The van der Waals surface area contributed by atoms with Crippen LogP contribution >= 0.6 is 11.3 Å². The highest BCUT2D eigenvalue weighted by molar-refractivity contribution is 7.92. The van der Waals surface area contributed by atoms with Crippen molar-refractivity contribution >= 4 is 27.1 Å². The molecule has 22 heavy (non-hydrogen) atoms. The van der Waals surface area contributed by atoms with Gasteiger partial charge in [0.2, 0.25) is 0 Å². The average molecular weight is 345 g/mol. The number of nitrogens with one attached hydrogen (secondary N) is 1. The van der Waals surface area contributed by atoms with Gasteiger partial charge in [-0.2, -0.15) is 0 Å². The van der Waals surface area contributed by atoms with Gasteiger partial charge in [0.1, 0.15) is 5.01 Å². The molecule has 8 heteroatoms. The maximum Gasteiger partial charge on any atom is 0.194 e. The van der Waals surface area contributed by atoms with E-state index in [4.69, 9.17) is 0 Å². The molecule has 0 atom stereocenters. The van der Waals surface area contributed by atoms with E-state index >= 15 is 0 Å². The summed E-state index contributed by atoms with van der Waals surface area (Å²) in [5.41, 5.74) is 1.00. The lowest BCUT2D eigenvalue weighted by Gasteiger charge is -2.39. The molecule has 1 N–H and O–H groups in total. The molecular formula is C14H24N4O2S2. The van der Waals surface area contributed by atoms with Crippen molar-refractivity contribution in [3.63, 3.8) is 0 Å². The fourth-order valence-electron chi connectivity index (χ4n) is 2.37. The molecule has 0 radical (unpaired) electrons. The van der Waals surface area contributed by atoms with Gasteiger partial charge < -0.3 is 10.2 Å². The maximum atomic E-state index is 12.1. The molecule has 2 rings (SSSR count). The van der Waals surface area contributed by atoms with Crippen LogP contribution in [-0.4, -0.2) is 54.4 Å². The molecule has 1 aromatic rings. The highest BCUT2D eigenvalue weighted by atomic mass is 32.2. The van der Waals surface area contributed by atoms with Gasteiger partial charge in [0, 0.05) is 30.7 Å². The Labute approximate surface area is 136 Å². The largest absolute Gasteiger partial charge is 0.357 e. The molecule has 0 amide bonds. The van der Waals surface area contributed by atoms with E-state index in [1.807, 2.05) is 24.1 Å². The molecule has 2 heterocycles.